The highest BCUT2D eigenvalue weighted by Gasteiger charge is 2.45. The number of benzene rings is 2. The quantitative estimate of drug-likeness (QED) is 0.890. The summed E-state index contributed by atoms with van der Waals surface area (Å²) in [4.78, 5) is 14.9. The molecule has 4 heteroatoms. The van der Waals surface area contributed by atoms with Gasteiger partial charge in [-0.25, -0.2) is 4.39 Å². The Kier molecular flexibility index (Phi) is 5.02. The smallest absolute Gasteiger partial charge is 0.223 e. The van der Waals surface area contributed by atoms with Crippen molar-refractivity contribution in [3.05, 3.63) is 71.5 Å². The summed E-state index contributed by atoms with van der Waals surface area (Å²) in [6.07, 6.45) is 2.73. The van der Waals surface area contributed by atoms with Crippen LogP contribution in [-0.4, -0.2) is 29.9 Å². The number of nitrogens with one attached hydrogen (secondary N) is 1. The van der Waals surface area contributed by atoms with E-state index in [2.05, 4.69) is 34.5 Å². The number of likely N-dealkylation sites (tertiary alicyclic amines) is 1. The molecule has 2 fully saturated rings. The van der Waals surface area contributed by atoms with Crippen LogP contribution in [0.4, 0.5) is 4.39 Å². The van der Waals surface area contributed by atoms with E-state index < -0.39 is 0 Å². The second-order valence-electron chi connectivity index (χ2n) is 7.51. The standard InChI is InChI=1S/C22H25FN2O/c23-21-9-5-4-8-18(21)19-14-20(19)22(26)24-17-10-12-25(13-11-17)15-16-6-2-1-3-7-16/h1-9,17,19-20H,10-15H2,(H,24,26). The monoisotopic (exact) mass is 352 g/mol. The van der Waals surface area contributed by atoms with Crippen molar-refractivity contribution < 1.29 is 9.18 Å². The first kappa shape index (κ1) is 17.2. The number of rotatable bonds is 5. The van der Waals surface area contributed by atoms with E-state index in [9.17, 15) is 9.18 Å². The molecule has 1 aliphatic heterocycles. The predicted molar refractivity (Wildman–Crippen MR) is 100 cm³/mol. The van der Waals surface area contributed by atoms with E-state index in [1.807, 2.05) is 12.1 Å². The minimum absolute atomic E-state index is 0.0503. The Bertz CT molecular complexity index is 756. The van der Waals surface area contributed by atoms with Gasteiger partial charge < -0.3 is 5.32 Å². The van der Waals surface area contributed by atoms with E-state index >= 15 is 0 Å². The summed E-state index contributed by atoms with van der Waals surface area (Å²) in [7, 11) is 0. The van der Waals surface area contributed by atoms with E-state index in [0.717, 1.165) is 38.9 Å². The summed E-state index contributed by atoms with van der Waals surface area (Å²) in [5.74, 6) is -0.106. The number of nitrogens with zero attached hydrogens (tertiary/aromatic N) is 1. The molecule has 136 valence electrons. The first-order chi connectivity index (χ1) is 12.7. The van der Waals surface area contributed by atoms with Gasteiger partial charge >= 0.3 is 0 Å². The van der Waals surface area contributed by atoms with Crippen molar-refractivity contribution in [2.75, 3.05) is 13.1 Å². The number of amides is 1. The molecular weight excluding hydrogens is 327 g/mol. The van der Waals surface area contributed by atoms with Gasteiger partial charge in [0.2, 0.25) is 5.91 Å². The zero-order valence-corrected chi connectivity index (χ0v) is 14.9. The lowest BCUT2D eigenvalue weighted by molar-refractivity contribution is -0.123. The average Bonchev–Trinajstić information content (AvgIpc) is 3.45. The molecule has 2 aliphatic rings. The van der Waals surface area contributed by atoms with Gasteiger partial charge in [-0.15, -0.1) is 0 Å². The summed E-state index contributed by atoms with van der Waals surface area (Å²) >= 11 is 0. The van der Waals surface area contributed by atoms with E-state index in [1.54, 1.807) is 12.1 Å². The molecule has 2 aromatic carbocycles. The van der Waals surface area contributed by atoms with E-state index in [4.69, 9.17) is 0 Å². The molecule has 0 spiro atoms. The molecule has 1 aliphatic carbocycles. The van der Waals surface area contributed by atoms with Crippen LogP contribution < -0.4 is 5.32 Å². The van der Waals surface area contributed by atoms with Crippen LogP contribution in [0.3, 0.4) is 0 Å². The van der Waals surface area contributed by atoms with E-state index in [-0.39, 0.29) is 29.6 Å². The van der Waals surface area contributed by atoms with Crippen molar-refractivity contribution in [3.8, 4) is 0 Å². The lowest BCUT2D eigenvalue weighted by atomic mass is 10.0. The number of hydrogen-bond donors (Lipinski definition) is 1. The van der Waals surface area contributed by atoms with Crippen molar-refractivity contribution in [1.82, 2.24) is 10.2 Å². The normalized spacial score (nSPS) is 23.6. The zero-order valence-electron chi connectivity index (χ0n) is 14.9. The Balaban J connectivity index is 1.24. The number of carbonyl (C=O) groups excluding carboxylic acids is 1. The molecule has 1 saturated heterocycles. The highest BCUT2D eigenvalue weighted by molar-refractivity contribution is 5.83. The number of piperidine rings is 1. The van der Waals surface area contributed by atoms with Crippen LogP contribution >= 0.6 is 0 Å². The fourth-order valence-corrected chi connectivity index (χ4v) is 3.99. The first-order valence-electron chi connectivity index (χ1n) is 9.52. The van der Waals surface area contributed by atoms with Crippen molar-refractivity contribution in [2.45, 2.75) is 37.8 Å². The van der Waals surface area contributed by atoms with Crippen LogP contribution in [0.15, 0.2) is 54.6 Å². The average molecular weight is 352 g/mol. The van der Waals surface area contributed by atoms with Crippen LogP contribution in [-0.2, 0) is 11.3 Å². The van der Waals surface area contributed by atoms with Gasteiger partial charge in [0.05, 0.1) is 0 Å². The molecule has 0 aromatic heterocycles. The SMILES string of the molecule is O=C(NC1CCN(Cc2ccccc2)CC1)C1CC1c1ccccc1F. The minimum atomic E-state index is -0.193. The van der Waals surface area contributed by atoms with E-state index in [1.165, 1.54) is 11.6 Å². The summed E-state index contributed by atoms with van der Waals surface area (Å²) in [5.41, 5.74) is 2.02. The second-order valence-corrected chi connectivity index (χ2v) is 7.51. The maximum absolute atomic E-state index is 13.9. The number of carbonyl (C=O) groups is 1. The minimum Gasteiger partial charge on any atom is -0.353 e. The van der Waals surface area contributed by atoms with Crippen LogP contribution in [0, 0.1) is 11.7 Å². The van der Waals surface area contributed by atoms with E-state index in [0.29, 0.717) is 5.56 Å². The number of halogens is 1. The van der Waals surface area contributed by atoms with Gasteiger partial charge in [0.25, 0.3) is 0 Å². The van der Waals surface area contributed by atoms with Crippen molar-refractivity contribution in [3.63, 3.8) is 0 Å². The van der Waals surface area contributed by atoms with Crippen molar-refractivity contribution >= 4 is 5.91 Å². The van der Waals surface area contributed by atoms with Crippen LogP contribution in [0.2, 0.25) is 0 Å². The maximum atomic E-state index is 13.9. The van der Waals surface area contributed by atoms with Gasteiger partial charge in [-0.1, -0.05) is 48.5 Å². The molecular formula is C22H25FN2O. The van der Waals surface area contributed by atoms with Crippen molar-refractivity contribution in [2.24, 2.45) is 5.92 Å². The fourth-order valence-electron chi connectivity index (χ4n) is 3.99. The topological polar surface area (TPSA) is 32.3 Å². The Morgan fingerprint density at radius 2 is 1.73 bits per heavy atom. The largest absolute Gasteiger partial charge is 0.353 e. The third-order valence-corrected chi connectivity index (χ3v) is 5.61. The van der Waals surface area contributed by atoms with Crippen molar-refractivity contribution in [1.29, 1.82) is 0 Å². The predicted octanol–water partition coefficient (Wildman–Crippen LogP) is 3.71. The molecule has 2 atom stereocenters. The molecule has 1 saturated carbocycles. The molecule has 0 radical (unpaired) electrons. The lowest BCUT2D eigenvalue weighted by Gasteiger charge is -2.32. The van der Waals surface area contributed by atoms with Gasteiger partial charge in [-0.3, -0.25) is 9.69 Å². The van der Waals surface area contributed by atoms with Gasteiger partial charge in [0.1, 0.15) is 5.82 Å². The first-order valence-corrected chi connectivity index (χ1v) is 9.52. The number of hydrogen-bond acceptors (Lipinski definition) is 2. The summed E-state index contributed by atoms with van der Waals surface area (Å²) in [6, 6.07) is 17.6. The Morgan fingerprint density at radius 1 is 1.04 bits per heavy atom. The van der Waals surface area contributed by atoms with Crippen LogP contribution in [0.5, 0.6) is 0 Å². The van der Waals surface area contributed by atoms with Crippen LogP contribution in [0.1, 0.15) is 36.3 Å². The molecule has 26 heavy (non-hydrogen) atoms. The Labute approximate surface area is 154 Å². The Hall–Kier alpha value is -2.20. The van der Waals surface area contributed by atoms with Gasteiger partial charge in [0, 0.05) is 31.6 Å². The fraction of sp³-hybridized carbons (Fsp3) is 0.409. The van der Waals surface area contributed by atoms with Crippen LogP contribution in [0.25, 0.3) is 0 Å². The summed E-state index contributed by atoms with van der Waals surface area (Å²) < 4.78 is 13.9. The third kappa shape index (κ3) is 3.96. The summed E-state index contributed by atoms with van der Waals surface area (Å²) in [6.45, 7) is 2.97. The second kappa shape index (κ2) is 7.58. The lowest BCUT2D eigenvalue weighted by Crippen LogP contribution is -2.44. The highest BCUT2D eigenvalue weighted by atomic mass is 19.1. The molecule has 1 heterocycles. The molecule has 1 N–H and O–H groups in total. The molecule has 1 amide bonds. The highest BCUT2D eigenvalue weighted by Crippen LogP contribution is 2.48. The third-order valence-electron chi connectivity index (χ3n) is 5.61. The van der Waals surface area contributed by atoms with Gasteiger partial charge in [0.15, 0.2) is 0 Å². The molecule has 0 bridgehead atoms. The zero-order chi connectivity index (χ0) is 17.9. The maximum Gasteiger partial charge on any atom is 0.223 e. The molecule has 2 aromatic rings. The van der Waals surface area contributed by atoms with Gasteiger partial charge in [-0.05, 0) is 42.4 Å². The summed E-state index contributed by atoms with van der Waals surface area (Å²) in [5, 5.41) is 3.20. The molecule has 3 nitrogen and oxygen atoms in total. The Morgan fingerprint density at radius 3 is 2.46 bits per heavy atom. The molecule has 2 unspecified atom stereocenters. The molecule has 4 rings (SSSR count). The van der Waals surface area contributed by atoms with Gasteiger partial charge in [-0.2, -0.15) is 0 Å².